The molecule has 192 valence electrons. The first-order valence-electron chi connectivity index (χ1n) is 10.9. The Kier molecular flexibility index (Phi) is 8.10. The highest BCUT2D eigenvalue weighted by atomic mass is 19.4. The van der Waals surface area contributed by atoms with Gasteiger partial charge in [0.05, 0.1) is 29.9 Å². The lowest BCUT2D eigenvalue weighted by Gasteiger charge is -2.29. The molecule has 0 bridgehead atoms. The zero-order valence-electron chi connectivity index (χ0n) is 18.6. The summed E-state index contributed by atoms with van der Waals surface area (Å²) in [7, 11) is 0. The lowest BCUT2D eigenvalue weighted by molar-refractivity contribution is -0.143. The van der Waals surface area contributed by atoms with Gasteiger partial charge in [-0.15, -0.1) is 0 Å². The van der Waals surface area contributed by atoms with Gasteiger partial charge in [-0.05, 0) is 73.7 Å². The molecule has 0 heterocycles. The number of benzene rings is 2. The minimum Gasteiger partial charge on any atom is -0.480 e. The zero-order chi connectivity index (χ0) is 26.0. The van der Waals surface area contributed by atoms with Crippen LogP contribution in [-0.4, -0.2) is 30.3 Å². The van der Waals surface area contributed by atoms with E-state index in [9.17, 15) is 35.5 Å². The van der Waals surface area contributed by atoms with Crippen molar-refractivity contribution in [3.8, 4) is 0 Å². The number of rotatable bonds is 8. The molecule has 0 saturated heterocycles. The molecule has 35 heavy (non-hydrogen) atoms. The van der Waals surface area contributed by atoms with Crippen LogP contribution in [0.1, 0.15) is 54.0 Å². The maximum Gasteiger partial charge on any atom is 0.416 e. The van der Waals surface area contributed by atoms with E-state index in [4.69, 9.17) is 9.84 Å². The van der Waals surface area contributed by atoms with Gasteiger partial charge in [-0.1, -0.05) is 12.1 Å². The van der Waals surface area contributed by atoms with E-state index in [2.05, 4.69) is 5.32 Å². The van der Waals surface area contributed by atoms with E-state index < -0.39 is 47.5 Å². The van der Waals surface area contributed by atoms with Crippen LogP contribution in [0.5, 0.6) is 0 Å². The Bertz CT molecular complexity index is 989. The molecule has 2 aromatic rings. The number of hydrogen-bond acceptors (Lipinski definition) is 3. The fraction of sp³-hybridized carbons (Fsp3) is 0.458. The summed E-state index contributed by atoms with van der Waals surface area (Å²) in [5.41, 5.74) is -2.43. The van der Waals surface area contributed by atoms with Crippen LogP contribution in [0.3, 0.4) is 0 Å². The highest BCUT2D eigenvalue weighted by Crippen LogP contribution is 2.44. The molecule has 0 aromatic heterocycles. The lowest BCUT2D eigenvalue weighted by atomic mass is 9.87. The van der Waals surface area contributed by atoms with Crippen molar-refractivity contribution < 1.29 is 45.4 Å². The first-order chi connectivity index (χ1) is 16.3. The van der Waals surface area contributed by atoms with Crippen LogP contribution in [0, 0.1) is 11.7 Å². The van der Waals surface area contributed by atoms with E-state index in [-0.39, 0.29) is 30.0 Å². The first kappa shape index (κ1) is 26.9. The summed E-state index contributed by atoms with van der Waals surface area (Å²) < 4.78 is 99.0. The minimum atomic E-state index is -4.97. The van der Waals surface area contributed by atoms with Gasteiger partial charge >= 0.3 is 18.3 Å². The molecule has 0 spiro atoms. The van der Waals surface area contributed by atoms with Gasteiger partial charge in [-0.25, -0.2) is 4.39 Å². The van der Waals surface area contributed by atoms with E-state index in [0.29, 0.717) is 37.1 Å². The number of halogens is 7. The number of ether oxygens (including phenoxy) is 1. The highest BCUT2D eigenvalue weighted by molar-refractivity contribution is 5.68. The third kappa shape index (κ3) is 6.94. The van der Waals surface area contributed by atoms with Crippen LogP contribution in [0.15, 0.2) is 42.5 Å². The molecule has 0 amide bonds. The van der Waals surface area contributed by atoms with Gasteiger partial charge in [0.2, 0.25) is 0 Å². The molecule has 0 radical (unpaired) electrons. The second kappa shape index (κ2) is 10.5. The summed E-state index contributed by atoms with van der Waals surface area (Å²) in [5, 5.41) is 11.7. The number of carboxylic acid groups (broad SMARTS) is 1. The Morgan fingerprint density at radius 2 is 1.60 bits per heavy atom. The van der Waals surface area contributed by atoms with Crippen LogP contribution in [0.4, 0.5) is 30.7 Å². The van der Waals surface area contributed by atoms with Crippen molar-refractivity contribution in [3.63, 3.8) is 0 Å². The number of nitrogens with one attached hydrogen (secondary N) is 1. The van der Waals surface area contributed by atoms with Gasteiger partial charge in [-0.2, -0.15) is 26.3 Å². The van der Waals surface area contributed by atoms with Crippen LogP contribution < -0.4 is 5.32 Å². The van der Waals surface area contributed by atoms with Gasteiger partial charge in [0, 0.05) is 5.92 Å². The third-order valence-electron chi connectivity index (χ3n) is 6.13. The molecule has 1 saturated carbocycles. The second-order valence-electron chi connectivity index (χ2n) is 8.60. The summed E-state index contributed by atoms with van der Waals surface area (Å²) >= 11 is 0. The summed E-state index contributed by atoms with van der Waals surface area (Å²) in [6, 6.07) is 6.94. The minimum absolute atomic E-state index is 0.0667. The maximum atomic E-state index is 13.5. The second-order valence-corrected chi connectivity index (χ2v) is 8.60. The summed E-state index contributed by atoms with van der Waals surface area (Å²) in [6.45, 7) is 1.40. The molecule has 0 aliphatic heterocycles. The average molecular weight is 507 g/mol. The summed E-state index contributed by atoms with van der Waals surface area (Å²) in [4.78, 5) is 10.8. The van der Waals surface area contributed by atoms with Crippen LogP contribution in [0.25, 0.3) is 0 Å². The molecular weight excluding hydrogens is 483 g/mol. The summed E-state index contributed by atoms with van der Waals surface area (Å²) in [5.74, 6) is -2.02. The predicted molar refractivity (Wildman–Crippen MR) is 112 cm³/mol. The topological polar surface area (TPSA) is 58.6 Å². The van der Waals surface area contributed by atoms with E-state index in [1.807, 2.05) is 0 Å². The molecule has 1 fully saturated rings. The molecule has 4 atom stereocenters. The number of aliphatic carboxylic acids is 1. The van der Waals surface area contributed by atoms with E-state index in [0.717, 1.165) is 0 Å². The molecule has 1 aliphatic carbocycles. The smallest absolute Gasteiger partial charge is 0.416 e. The van der Waals surface area contributed by atoms with Crippen LogP contribution >= 0.6 is 0 Å². The van der Waals surface area contributed by atoms with Crippen molar-refractivity contribution in [2.75, 3.05) is 13.1 Å². The van der Waals surface area contributed by atoms with E-state index >= 15 is 0 Å². The largest absolute Gasteiger partial charge is 0.480 e. The maximum absolute atomic E-state index is 13.5. The van der Waals surface area contributed by atoms with E-state index in [1.165, 1.54) is 19.1 Å². The van der Waals surface area contributed by atoms with Gasteiger partial charge < -0.3 is 15.2 Å². The predicted octanol–water partition coefficient (Wildman–Crippen LogP) is 6.18. The Morgan fingerprint density at radius 3 is 2.11 bits per heavy atom. The SMILES string of the molecule is CC(OC1CCC(CNCC(=O)O)C1c1ccc(F)cc1)c1cc(C(F)(F)F)cc(C(F)(F)F)c1. The van der Waals surface area contributed by atoms with Crippen molar-refractivity contribution in [1.29, 1.82) is 0 Å². The standard InChI is InChI=1S/C24H24F7NO3/c1-13(16-8-17(23(26,27)28)10-18(9-16)24(29,30)31)35-20-7-4-15(11-32-12-21(33)34)22(20)14-2-5-19(25)6-3-14/h2-3,5-6,8-10,13,15,20,22,32H,4,7,11-12H2,1H3,(H,33,34). The highest BCUT2D eigenvalue weighted by Gasteiger charge is 2.40. The molecule has 2 aromatic carbocycles. The number of hydrogen-bond donors (Lipinski definition) is 2. The molecule has 1 aliphatic rings. The lowest BCUT2D eigenvalue weighted by Crippen LogP contribution is -2.31. The zero-order valence-corrected chi connectivity index (χ0v) is 18.6. The van der Waals surface area contributed by atoms with Crippen molar-refractivity contribution in [2.45, 2.75) is 50.2 Å². The molecule has 4 nitrogen and oxygen atoms in total. The third-order valence-corrected chi connectivity index (χ3v) is 6.13. The Balaban J connectivity index is 1.88. The van der Waals surface area contributed by atoms with Crippen molar-refractivity contribution in [1.82, 2.24) is 5.32 Å². The fourth-order valence-corrected chi connectivity index (χ4v) is 4.51. The van der Waals surface area contributed by atoms with Crippen LogP contribution in [0.2, 0.25) is 0 Å². The molecular formula is C24H24F7NO3. The molecule has 2 N–H and O–H groups in total. The molecule has 3 rings (SSSR count). The van der Waals surface area contributed by atoms with Crippen molar-refractivity contribution in [3.05, 3.63) is 70.5 Å². The average Bonchev–Trinajstić information content (AvgIpc) is 3.14. The number of carboxylic acids is 1. The van der Waals surface area contributed by atoms with Crippen molar-refractivity contribution in [2.24, 2.45) is 5.92 Å². The summed E-state index contributed by atoms with van der Waals surface area (Å²) in [6.07, 6.45) is -10.6. The van der Waals surface area contributed by atoms with Gasteiger partial charge in [0.15, 0.2) is 0 Å². The Hall–Kier alpha value is -2.66. The normalized spacial score (nSPS) is 21.8. The van der Waals surface area contributed by atoms with Gasteiger partial charge in [0.1, 0.15) is 5.82 Å². The molecule has 4 unspecified atom stereocenters. The van der Waals surface area contributed by atoms with Crippen LogP contribution in [-0.2, 0) is 21.9 Å². The van der Waals surface area contributed by atoms with Gasteiger partial charge in [-0.3, -0.25) is 4.79 Å². The Morgan fingerprint density at radius 1 is 1.03 bits per heavy atom. The van der Waals surface area contributed by atoms with Crippen molar-refractivity contribution >= 4 is 5.97 Å². The van der Waals surface area contributed by atoms with E-state index in [1.54, 1.807) is 12.1 Å². The monoisotopic (exact) mass is 507 g/mol. The number of carbonyl (C=O) groups is 1. The molecule has 11 heteroatoms. The van der Waals surface area contributed by atoms with Gasteiger partial charge in [0.25, 0.3) is 0 Å². The number of alkyl halides is 6. The Labute approximate surface area is 197 Å². The first-order valence-corrected chi connectivity index (χ1v) is 10.9. The quantitative estimate of drug-likeness (QED) is 0.419. The fourth-order valence-electron chi connectivity index (χ4n) is 4.51.